The largest absolute Gasteiger partial charge is 0.382 e. The molecule has 0 radical (unpaired) electrons. The molecule has 0 atom stereocenters. The van der Waals surface area contributed by atoms with Crippen LogP contribution in [0.4, 0.5) is 5.69 Å². The van der Waals surface area contributed by atoms with Gasteiger partial charge < -0.3 is 14.8 Å². The molecule has 1 aliphatic rings. The Balaban J connectivity index is 1.61. The molecule has 128 valence electrons. The maximum atomic E-state index is 12.6. The van der Waals surface area contributed by atoms with Crippen LogP contribution in [0.1, 0.15) is 28.9 Å². The fraction of sp³-hybridized carbons (Fsp3) is 0.444. The van der Waals surface area contributed by atoms with Gasteiger partial charge in [-0.2, -0.15) is 0 Å². The van der Waals surface area contributed by atoms with Crippen LogP contribution in [-0.2, 0) is 14.1 Å². The van der Waals surface area contributed by atoms with Crippen molar-refractivity contribution in [3.05, 3.63) is 52.2 Å². The van der Waals surface area contributed by atoms with Gasteiger partial charge >= 0.3 is 5.69 Å². The minimum absolute atomic E-state index is 0.0656. The van der Waals surface area contributed by atoms with Crippen LogP contribution in [0.3, 0.4) is 0 Å². The van der Waals surface area contributed by atoms with Crippen molar-refractivity contribution in [1.82, 2.24) is 14.0 Å². The lowest BCUT2D eigenvalue weighted by atomic mass is 10.0. The van der Waals surface area contributed by atoms with E-state index < -0.39 is 0 Å². The first-order valence-corrected chi connectivity index (χ1v) is 8.30. The third-order valence-electron chi connectivity index (χ3n) is 4.66. The molecule has 2 aromatic rings. The van der Waals surface area contributed by atoms with Crippen molar-refractivity contribution in [2.24, 2.45) is 14.1 Å². The molecule has 1 amide bonds. The van der Waals surface area contributed by atoms with E-state index in [1.54, 1.807) is 20.3 Å². The summed E-state index contributed by atoms with van der Waals surface area (Å²) in [6, 6.07) is 8.71. The van der Waals surface area contributed by atoms with E-state index in [4.69, 9.17) is 0 Å². The van der Waals surface area contributed by atoms with Crippen molar-refractivity contribution in [2.45, 2.75) is 25.8 Å². The average molecular weight is 328 g/mol. The van der Waals surface area contributed by atoms with Crippen molar-refractivity contribution in [3.8, 4) is 0 Å². The van der Waals surface area contributed by atoms with E-state index in [2.05, 4.69) is 30.4 Å². The van der Waals surface area contributed by atoms with Crippen molar-refractivity contribution < 1.29 is 4.79 Å². The predicted octanol–water partition coefficient (Wildman–Crippen LogP) is 1.75. The number of likely N-dealkylation sites (tertiary alicyclic amines) is 1. The number of hydrogen-bond acceptors (Lipinski definition) is 3. The van der Waals surface area contributed by atoms with Crippen molar-refractivity contribution in [3.63, 3.8) is 0 Å². The zero-order valence-electron chi connectivity index (χ0n) is 14.5. The number of imidazole rings is 1. The molecule has 1 aliphatic heterocycles. The Hall–Kier alpha value is -2.50. The summed E-state index contributed by atoms with van der Waals surface area (Å²) in [4.78, 5) is 26.3. The van der Waals surface area contributed by atoms with Gasteiger partial charge in [-0.05, 0) is 37.5 Å². The first-order valence-electron chi connectivity index (χ1n) is 8.30. The number of rotatable bonds is 3. The summed E-state index contributed by atoms with van der Waals surface area (Å²) in [5.74, 6) is -0.0656. The van der Waals surface area contributed by atoms with Crippen LogP contribution in [0.15, 0.2) is 35.3 Å². The molecule has 6 heteroatoms. The number of aromatic nitrogens is 2. The number of carbonyl (C=O) groups is 1. The third kappa shape index (κ3) is 3.22. The SMILES string of the molecule is Cc1cccc(NC2CCN(C(=O)c3cn(C)c(=O)n3C)CC2)c1. The second-order valence-corrected chi connectivity index (χ2v) is 6.55. The lowest BCUT2D eigenvalue weighted by Gasteiger charge is -2.33. The van der Waals surface area contributed by atoms with Gasteiger partial charge in [-0.1, -0.05) is 12.1 Å². The monoisotopic (exact) mass is 328 g/mol. The zero-order chi connectivity index (χ0) is 17.3. The summed E-state index contributed by atoms with van der Waals surface area (Å²) in [5.41, 5.74) is 2.64. The summed E-state index contributed by atoms with van der Waals surface area (Å²) in [6.07, 6.45) is 3.42. The molecule has 0 aliphatic carbocycles. The van der Waals surface area contributed by atoms with E-state index >= 15 is 0 Å². The maximum absolute atomic E-state index is 12.6. The van der Waals surface area contributed by atoms with Gasteiger partial charge in [0.1, 0.15) is 5.69 Å². The third-order valence-corrected chi connectivity index (χ3v) is 4.66. The number of amides is 1. The fourth-order valence-corrected chi connectivity index (χ4v) is 3.22. The quantitative estimate of drug-likeness (QED) is 0.934. The molecule has 1 saturated heterocycles. The lowest BCUT2D eigenvalue weighted by Crippen LogP contribution is -2.43. The fourth-order valence-electron chi connectivity index (χ4n) is 3.22. The molecule has 1 aromatic heterocycles. The number of piperidine rings is 1. The van der Waals surface area contributed by atoms with Gasteiger partial charge in [0.05, 0.1) is 0 Å². The van der Waals surface area contributed by atoms with Gasteiger partial charge in [0, 0.05) is 45.1 Å². The lowest BCUT2D eigenvalue weighted by molar-refractivity contribution is 0.0708. The van der Waals surface area contributed by atoms with Crippen LogP contribution in [-0.4, -0.2) is 39.1 Å². The molecule has 1 aromatic carbocycles. The highest BCUT2D eigenvalue weighted by Gasteiger charge is 2.26. The minimum Gasteiger partial charge on any atom is -0.382 e. The van der Waals surface area contributed by atoms with Gasteiger partial charge in [-0.15, -0.1) is 0 Å². The van der Waals surface area contributed by atoms with E-state index in [0.717, 1.165) is 18.5 Å². The van der Waals surface area contributed by atoms with Crippen LogP contribution >= 0.6 is 0 Å². The average Bonchev–Trinajstić information content (AvgIpc) is 2.82. The van der Waals surface area contributed by atoms with E-state index in [0.29, 0.717) is 24.8 Å². The molecule has 3 rings (SSSR count). The molecule has 1 N–H and O–H groups in total. The van der Waals surface area contributed by atoms with Crippen LogP contribution in [0.25, 0.3) is 0 Å². The van der Waals surface area contributed by atoms with E-state index in [1.165, 1.54) is 14.7 Å². The van der Waals surface area contributed by atoms with Crippen molar-refractivity contribution in [2.75, 3.05) is 18.4 Å². The molecule has 0 unspecified atom stereocenters. The number of nitrogens with one attached hydrogen (secondary N) is 1. The highest BCUT2D eigenvalue weighted by Crippen LogP contribution is 2.18. The highest BCUT2D eigenvalue weighted by molar-refractivity contribution is 5.92. The number of anilines is 1. The van der Waals surface area contributed by atoms with Gasteiger partial charge in [0.2, 0.25) is 0 Å². The Kier molecular flexibility index (Phi) is 4.46. The minimum atomic E-state index is -0.172. The molecular weight excluding hydrogens is 304 g/mol. The first-order chi connectivity index (χ1) is 11.5. The van der Waals surface area contributed by atoms with E-state index in [9.17, 15) is 9.59 Å². The molecule has 1 fully saturated rings. The summed E-state index contributed by atoms with van der Waals surface area (Å²) in [7, 11) is 3.30. The first kappa shape index (κ1) is 16.4. The topological polar surface area (TPSA) is 59.3 Å². The zero-order valence-corrected chi connectivity index (χ0v) is 14.5. The highest BCUT2D eigenvalue weighted by atomic mass is 16.2. The smallest absolute Gasteiger partial charge is 0.328 e. The number of benzene rings is 1. The Bertz CT molecular complexity index is 798. The number of carbonyl (C=O) groups excluding carboxylic acids is 1. The normalized spacial score (nSPS) is 15.5. The Morgan fingerprint density at radius 2 is 1.92 bits per heavy atom. The summed E-state index contributed by atoms with van der Waals surface area (Å²) >= 11 is 0. The van der Waals surface area contributed by atoms with E-state index in [-0.39, 0.29) is 11.6 Å². The van der Waals surface area contributed by atoms with Gasteiger partial charge in [0.25, 0.3) is 5.91 Å². The standard InChI is InChI=1S/C18H24N4O2/c1-13-5-4-6-15(11-13)19-14-7-9-22(10-8-14)17(23)16-12-20(2)18(24)21(16)3/h4-6,11-12,14,19H,7-10H2,1-3H3. The summed E-state index contributed by atoms with van der Waals surface area (Å²) in [5, 5.41) is 3.55. The molecule has 0 saturated carbocycles. The van der Waals surface area contributed by atoms with Gasteiger partial charge in [-0.25, -0.2) is 4.79 Å². The van der Waals surface area contributed by atoms with Gasteiger partial charge in [-0.3, -0.25) is 9.36 Å². The predicted molar refractivity (Wildman–Crippen MR) is 94.4 cm³/mol. The molecule has 2 heterocycles. The molecular formula is C18H24N4O2. The van der Waals surface area contributed by atoms with Crippen LogP contribution in [0.5, 0.6) is 0 Å². The number of aryl methyl sites for hydroxylation is 2. The Morgan fingerprint density at radius 1 is 1.21 bits per heavy atom. The molecule has 0 bridgehead atoms. The van der Waals surface area contributed by atoms with Crippen molar-refractivity contribution in [1.29, 1.82) is 0 Å². The summed E-state index contributed by atoms with van der Waals surface area (Å²) in [6.45, 7) is 3.48. The number of hydrogen-bond donors (Lipinski definition) is 1. The second-order valence-electron chi connectivity index (χ2n) is 6.55. The maximum Gasteiger partial charge on any atom is 0.328 e. The van der Waals surface area contributed by atoms with E-state index in [1.807, 2.05) is 11.0 Å². The Morgan fingerprint density at radius 3 is 2.50 bits per heavy atom. The molecule has 24 heavy (non-hydrogen) atoms. The summed E-state index contributed by atoms with van der Waals surface area (Å²) < 4.78 is 2.86. The van der Waals surface area contributed by atoms with Crippen molar-refractivity contribution >= 4 is 11.6 Å². The molecule has 0 spiro atoms. The van der Waals surface area contributed by atoms with Crippen LogP contribution in [0.2, 0.25) is 0 Å². The van der Waals surface area contributed by atoms with Crippen LogP contribution in [0, 0.1) is 6.92 Å². The van der Waals surface area contributed by atoms with Gasteiger partial charge in [0.15, 0.2) is 0 Å². The Labute approximate surface area is 141 Å². The second kappa shape index (κ2) is 6.55. The molecule has 6 nitrogen and oxygen atoms in total. The van der Waals surface area contributed by atoms with Crippen LogP contribution < -0.4 is 11.0 Å². The number of nitrogens with zero attached hydrogens (tertiary/aromatic N) is 3.